The van der Waals surface area contributed by atoms with Gasteiger partial charge in [-0.2, -0.15) is 13.8 Å². The van der Waals surface area contributed by atoms with E-state index in [1.54, 1.807) is 12.1 Å². The quantitative estimate of drug-likeness (QED) is 0.698. The highest BCUT2D eigenvalue weighted by atomic mass is 19.3. The Hall–Kier alpha value is -3.16. The molecule has 2 aromatic carbocycles. The van der Waals surface area contributed by atoms with Crippen molar-refractivity contribution >= 4 is 5.95 Å². The molecule has 0 unspecified atom stereocenters. The summed E-state index contributed by atoms with van der Waals surface area (Å²) in [6, 6.07) is 14.1. The molecule has 1 aromatic heterocycles. The number of nitrogens with one attached hydrogen (secondary N) is 1. The maximum absolute atomic E-state index is 12.5. The van der Waals surface area contributed by atoms with Crippen LogP contribution in [0.5, 0.6) is 11.5 Å². The van der Waals surface area contributed by atoms with Gasteiger partial charge in [0.25, 0.3) is 11.8 Å². The maximum Gasteiger partial charge on any atom is 0.387 e. The Balaban J connectivity index is 1.68. The molecule has 0 saturated heterocycles. The molecule has 0 spiro atoms. The third-order valence-corrected chi connectivity index (χ3v) is 3.34. The number of benzene rings is 2. The molecule has 130 valence electrons. The molecule has 1 heterocycles. The van der Waals surface area contributed by atoms with Gasteiger partial charge in [0.05, 0.1) is 7.11 Å². The topological polar surface area (TPSA) is 69.4 Å². The number of ether oxygens (including phenoxy) is 2. The van der Waals surface area contributed by atoms with Gasteiger partial charge in [-0.15, -0.1) is 0 Å². The summed E-state index contributed by atoms with van der Waals surface area (Å²) in [5.41, 5.74) is 1.50. The summed E-state index contributed by atoms with van der Waals surface area (Å²) >= 11 is 0. The molecule has 0 bridgehead atoms. The average Bonchev–Trinajstić information content (AvgIpc) is 3.09. The first-order chi connectivity index (χ1) is 12.2. The third-order valence-electron chi connectivity index (χ3n) is 3.34. The van der Waals surface area contributed by atoms with Crippen LogP contribution in [0.15, 0.2) is 53.1 Å². The monoisotopic (exact) mass is 347 g/mol. The second-order valence-electron chi connectivity index (χ2n) is 5.01. The van der Waals surface area contributed by atoms with Crippen LogP contribution >= 0.6 is 0 Å². The Bertz CT molecular complexity index is 825. The predicted molar refractivity (Wildman–Crippen MR) is 86.7 cm³/mol. The van der Waals surface area contributed by atoms with Crippen LogP contribution in [-0.2, 0) is 6.54 Å². The number of methoxy groups -OCH3 is 1. The van der Waals surface area contributed by atoms with Crippen molar-refractivity contribution < 1.29 is 22.8 Å². The van der Waals surface area contributed by atoms with Crippen molar-refractivity contribution in [1.29, 1.82) is 0 Å². The summed E-state index contributed by atoms with van der Waals surface area (Å²) in [4.78, 5) is 4.24. The van der Waals surface area contributed by atoms with Gasteiger partial charge in [0.15, 0.2) is 11.5 Å². The molecule has 0 radical (unpaired) electrons. The number of halogens is 2. The first-order valence-electron chi connectivity index (χ1n) is 7.40. The Labute approximate surface area is 142 Å². The highest BCUT2D eigenvalue weighted by Crippen LogP contribution is 2.29. The van der Waals surface area contributed by atoms with Crippen LogP contribution in [0, 0.1) is 0 Å². The molecule has 8 heteroatoms. The Kier molecular flexibility index (Phi) is 5.08. The Morgan fingerprint density at radius 3 is 2.64 bits per heavy atom. The van der Waals surface area contributed by atoms with Crippen LogP contribution in [0.2, 0.25) is 0 Å². The molecule has 25 heavy (non-hydrogen) atoms. The number of aromatic nitrogens is 2. The minimum absolute atomic E-state index is 0.0325. The van der Waals surface area contributed by atoms with Crippen LogP contribution in [0.25, 0.3) is 11.5 Å². The summed E-state index contributed by atoms with van der Waals surface area (Å²) in [5, 5.41) is 6.81. The molecule has 0 aliphatic heterocycles. The second kappa shape index (κ2) is 7.61. The number of nitrogens with zero attached hydrogens (tertiary/aromatic N) is 2. The van der Waals surface area contributed by atoms with Gasteiger partial charge in [-0.1, -0.05) is 24.3 Å². The van der Waals surface area contributed by atoms with Crippen LogP contribution in [-0.4, -0.2) is 23.9 Å². The fourth-order valence-corrected chi connectivity index (χ4v) is 2.19. The molecule has 0 aliphatic carbocycles. The first kappa shape index (κ1) is 16.7. The van der Waals surface area contributed by atoms with E-state index in [4.69, 9.17) is 9.26 Å². The summed E-state index contributed by atoms with van der Waals surface area (Å²) in [5.74, 6) is 0.885. The van der Waals surface area contributed by atoms with E-state index >= 15 is 0 Å². The number of hydrogen-bond donors (Lipinski definition) is 1. The van der Waals surface area contributed by atoms with Crippen LogP contribution in [0.3, 0.4) is 0 Å². The third kappa shape index (κ3) is 4.23. The van der Waals surface area contributed by atoms with Crippen LogP contribution < -0.4 is 14.8 Å². The maximum atomic E-state index is 12.5. The van der Waals surface area contributed by atoms with E-state index in [1.807, 2.05) is 30.3 Å². The molecule has 6 nitrogen and oxygen atoms in total. The van der Waals surface area contributed by atoms with Crippen molar-refractivity contribution in [2.24, 2.45) is 0 Å². The lowest BCUT2D eigenvalue weighted by atomic mass is 10.2. The molecular formula is C17H15F2N3O3. The van der Waals surface area contributed by atoms with Crippen LogP contribution in [0.4, 0.5) is 14.7 Å². The van der Waals surface area contributed by atoms with Crippen molar-refractivity contribution in [2.45, 2.75) is 13.2 Å². The van der Waals surface area contributed by atoms with Gasteiger partial charge in [-0.25, -0.2) is 0 Å². The lowest BCUT2D eigenvalue weighted by Crippen LogP contribution is -2.06. The molecule has 0 saturated carbocycles. The minimum Gasteiger partial charge on any atom is -0.493 e. The van der Waals surface area contributed by atoms with Gasteiger partial charge >= 0.3 is 6.61 Å². The van der Waals surface area contributed by atoms with Gasteiger partial charge in [0, 0.05) is 12.1 Å². The van der Waals surface area contributed by atoms with Crippen molar-refractivity contribution in [3.63, 3.8) is 0 Å². The largest absolute Gasteiger partial charge is 0.493 e. The van der Waals surface area contributed by atoms with Gasteiger partial charge in [0.2, 0.25) is 0 Å². The lowest BCUT2D eigenvalue weighted by Gasteiger charge is -2.11. The second-order valence-corrected chi connectivity index (χ2v) is 5.01. The Morgan fingerprint density at radius 2 is 1.92 bits per heavy atom. The van der Waals surface area contributed by atoms with Crippen molar-refractivity contribution in [2.75, 3.05) is 12.4 Å². The fraction of sp³-hybridized carbons (Fsp3) is 0.176. The molecule has 0 amide bonds. The molecular weight excluding hydrogens is 332 g/mol. The highest BCUT2D eigenvalue weighted by Gasteiger charge is 2.12. The van der Waals surface area contributed by atoms with Crippen molar-refractivity contribution in [1.82, 2.24) is 10.1 Å². The normalized spacial score (nSPS) is 10.7. The van der Waals surface area contributed by atoms with Crippen molar-refractivity contribution in [3.05, 3.63) is 54.1 Å². The lowest BCUT2D eigenvalue weighted by molar-refractivity contribution is -0.0512. The number of hydrogen-bond acceptors (Lipinski definition) is 6. The SMILES string of the molecule is COc1ccc(CNc2noc(-c3ccccc3)n2)cc1OC(F)F. The van der Waals surface area contributed by atoms with Gasteiger partial charge in [-0.05, 0) is 35.0 Å². The zero-order valence-corrected chi connectivity index (χ0v) is 13.3. The van der Waals surface area contributed by atoms with E-state index in [2.05, 4.69) is 20.2 Å². The summed E-state index contributed by atoms with van der Waals surface area (Å²) in [6.07, 6.45) is 0. The van der Waals surface area contributed by atoms with Crippen LogP contribution in [0.1, 0.15) is 5.56 Å². The van der Waals surface area contributed by atoms with Gasteiger partial charge < -0.3 is 19.3 Å². The molecule has 1 N–H and O–H groups in total. The number of anilines is 1. The smallest absolute Gasteiger partial charge is 0.387 e. The van der Waals surface area contributed by atoms with E-state index in [9.17, 15) is 8.78 Å². The van der Waals surface area contributed by atoms with E-state index in [0.717, 1.165) is 5.56 Å². The summed E-state index contributed by atoms with van der Waals surface area (Å²) in [7, 11) is 1.38. The summed E-state index contributed by atoms with van der Waals surface area (Å²) < 4.78 is 39.6. The average molecular weight is 347 g/mol. The van der Waals surface area contributed by atoms with Crippen molar-refractivity contribution in [3.8, 4) is 23.0 Å². The first-order valence-corrected chi connectivity index (χ1v) is 7.40. The van der Waals surface area contributed by atoms with E-state index in [1.165, 1.54) is 13.2 Å². The number of rotatable bonds is 7. The van der Waals surface area contributed by atoms with E-state index < -0.39 is 6.61 Å². The zero-order chi connectivity index (χ0) is 17.6. The molecule has 0 aliphatic rings. The predicted octanol–water partition coefficient (Wildman–Crippen LogP) is 3.96. The molecule has 3 aromatic rings. The zero-order valence-electron chi connectivity index (χ0n) is 13.3. The summed E-state index contributed by atoms with van der Waals surface area (Å²) in [6.45, 7) is -2.63. The van der Waals surface area contributed by atoms with E-state index in [-0.39, 0.29) is 11.5 Å². The van der Waals surface area contributed by atoms with E-state index in [0.29, 0.717) is 23.9 Å². The molecule has 0 atom stereocenters. The molecule has 3 rings (SSSR count). The molecule has 0 fully saturated rings. The van der Waals surface area contributed by atoms with Gasteiger partial charge in [-0.3, -0.25) is 0 Å². The van der Waals surface area contributed by atoms with Gasteiger partial charge in [0.1, 0.15) is 0 Å². The number of alkyl halides is 2. The highest BCUT2D eigenvalue weighted by molar-refractivity contribution is 5.53. The standard InChI is InChI=1S/C17H15F2N3O3/c1-23-13-8-7-11(9-14(13)24-16(18)19)10-20-17-21-15(25-22-17)12-5-3-2-4-6-12/h2-9,16H,10H2,1H3,(H,20,22). The fourth-order valence-electron chi connectivity index (χ4n) is 2.19. The Morgan fingerprint density at radius 1 is 1.12 bits per heavy atom. The minimum atomic E-state index is -2.93.